The summed E-state index contributed by atoms with van der Waals surface area (Å²) in [6.07, 6.45) is 0. The Morgan fingerprint density at radius 2 is 2.12 bits per heavy atom. The molecule has 1 heterocycles. The van der Waals surface area contributed by atoms with Gasteiger partial charge in [0.05, 0.1) is 6.61 Å². The van der Waals surface area contributed by atoms with Gasteiger partial charge in [-0.15, -0.1) is 11.3 Å². The third-order valence-electron chi connectivity index (χ3n) is 2.44. The van der Waals surface area contributed by atoms with Crippen molar-refractivity contribution in [3.63, 3.8) is 0 Å². The molecule has 1 N–H and O–H groups in total. The molecule has 1 aromatic heterocycles. The van der Waals surface area contributed by atoms with E-state index in [1.807, 2.05) is 11.3 Å². The maximum Gasteiger partial charge on any atom is 0.0591 e. The third-order valence-corrected chi connectivity index (χ3v) is 3.64. The Kier molecular flexibility index (Phi) is 6.03. The number of hydrogen-bond donors (Lipinski definition) is 1. The normalized spacial score (nSPS) is 13.3. The molecule has 0 aromatic carbocycles. The van der Waals surface area contributed by atoms with Crippen LogP contribution in [0.15, 0.2) is 11.4 Å². The van der Waals surface area contributed by atoms with Crippen molar-refractivity contribution in [3.05, 3.63) is 21.9 Å². The minimum atomic E-state index is 0.433. The first kappa shape index (κ1) is 13.7. The van der Waals surface area contributed by atoms with Crippen LogP contribution in [0.1, 0.15) is 37.3 Å². The van der Waals surface area contributed by atoms with Crippen molar-refractivity contribution in [2.75, 3.05) is 19.8 Å². The molecule has 1 rings (SSSR count). The van der Waals surface area contributed by atoms with Crippen molar-refractivity contribution < 1.29 is 4.74 Å². The summed E-state index contributed by atoms with van der Waals surface area (Å²) < 4.78 is 5.53. The van der Waals surface area contributed by atoms with E-state index in [0.29, 0.717) is 12.0 Å². The van der Waals surface area contributed by atoms with Crippen LogP contribution in [0.3, 0.4) is 0 Å². The lowest BCUT2D eigenvalue weighted by atomic mass is 10.2. The van der Waals surface area contributed by atoms with Gasteiger partial charge < -0.3 is 10.1 Å². The molecule has 0 amide bonds. The zero-order valence-electron chi connectivity index (χ0n) is 10.7. The Morgan fingerprint density at radius 1 is 1.38 bits per heavy atom. The van der Waals surface area contributed by atoms with Gasteiger partial charge >= 0.3 is 0 Å². The average molecular weight is 241 g/mol. The Morgan fingerprint density at radius 3 is 2.69 bits per heavy atom. The molecule has 1 aromatic rings. The summed E-state index contributed by atoms with van der Waals surface area (Å²) in [7, 11) is 0. The van der Waals surface area contributed by atoms with Crippen LogP contribution in [0.2, 0.25) is 0 Å². The van der Waals surface area contributed by atoms with Gasteiger partial charge in [0.15, 0.2) is 0 Å². The number of rotatable bonds is 7. The quantitative estimate of drug-likeness (QED) is 0.739. The first-order chi connectivity index (χ1) is 7.61. The van der Waals surface area contributed by atoms with Crippen molar-refractivity contribution in [1.82, 2.24) is 5.32 Å². The molecule has 0 aliphatic heterocycles. The molecule has 92 valence electrons. The smallest absolute Gasteiger partial charge is 0.0591 e. The second-order valence-corrected chi connectivity index (χ2v) is 5.56. The van der Waals surface area contributed by atoms with E-state index in [-0.39, 0.29) is 0 Å². The second-order valence-electron chi connectivity index (χ2n) is 4.61. The van der Waals surface area contributed by atoms with Gasteiger partial charge in [0.2, 0.25) is 0 Å². The van der Waals surface area contributed by atoms with Crippen molar-refractivity contribution in [2.24, 2.45) is 5.92 Å². The lowest BCUT2D eigenvalue weighted by molar-refractivity contribution is 0.110. The topological polar surface area (TPSA) is 21.3 Å². The Balaban J connectivity index is 2.16. The van der Waals surface area contributed by atoms with Crippen LogP contribution >= 0.6 is 11.3 Å². The molecule has 0 spiro atoms. The molecule has 2 nitrogen and oxygen atoms in total. The fourth-order valence-electron chi connectivity index (χ4n) is 1.59. The van der Waals surface area contributed by atoms with Gasteiger partial charge in [-0.25, -0.2) is 0 Å². The molecule has 0 bridgehead atoms. The minimum Gasteiger partial charge on any atom is -0.380 e. The highest BCUT2D eigenvalue weighted by atomic mass is 32.1. The summed E-state index contributed by atoms with van der Waals surface area (Å²) in [5.74, 6) is 0.622. The Bertz CT molecular complexity index is 296. The maximum atomic E-state index is 5.53. The first-order valence-corrected chi connectivity index (χ1v) is 6.84. The fourth-order valence-corrected chi connectivity index (χ4v) is 2.55. The largest absolute Gasteiger partial charge is 0.380 e. The van der Waals surface area contributed by atoms with E-state index in [4.69, 9.17) is 4.74 Å². The van der Waals surface area contributed by atoms with E-state index in [2.05, 4.69) is 44.5 Å². The second kappa shape index (κ2) is 7.05. The summed E-state index contributed by atoms with van der Waals surface area (Å²) in [5.41, 5.74) is 1.38. The highest BCUT2D eigenvalue weighted by molar-refractivity contribution is 7.10. The van der Waals surface area contributed by atoms with Gasteiger partial charge in [-0.05, 0) is 36.8 Å². The van der Waals surface area contributed by atoms with Gasteiger partial charge in [0.25, 0.3) is 0 Å². The van der Waals surface area contributed by atoms with Gasteiger partial charge in [0.1, 0.15) is 0 Å². The van der Waals surface area contributed by atoms with Gasteiger partial charge in [-0.2, -0.15) is 0 Å². The summed E-state index contributed by atoms with van der Waals surface area (Å²) in [4.78, 5) is 1.43. The zero-order valence-corrected chi connectivity index (χ0v) is 11.6. The number of nitrogens with one attached hydrogen (secondary N) is 1. The lowest BCUT2D eigenvalue weighted by Gasteiger charge is -2.14. The van der Waals surface area contributed by atoms with Gasteiger partial charge in [-0.1, -0.05) is 13.8 Å². The van der Waals surface area contributed by atoms with E-state index in [0.717, 1.165) is 19.8 Å². The van der Waals surface area contributed by atoms with Crippen molar-refractivity contribution in [3.8, 4) is 0 Å². The minimum absolute atomic E-state index is 0.433. The molecule has 0 saturated heterocycles. The molecule has 0 saturated carbocycles. The van der Waals surface area contributed by atoms with E-state index in [1.165, 1.54) is 10.4 Å². The predicted molar refractivity (Wildman–Crippen MR) is 71.1 cm³/mol. The van der Waals surface area contributed by atoms with Crippen LogP contribution in [0, 0.1) is 12.8 Å². The van der Waals surface area contributed by atoms with E-state index in [1.54, 1.807) is 0 Å². The molecule has 16 heavy (non-hydrogen) atoms. The van der Waals surface area contributed by atoms with Gasteiger partial charge in [0, 0.05) is 24.1 Å². The SMILES string of the molecule is Cc1ccsc1C(C)NCCOCC(C)C. The summed E-state index contributed by atoms with van der Waals surface area (Å²) in [5, 5.41) is 5.64. The molecule has 0 radical (unpaired) electrons. The van der Waals surface area contributed by atoms with Gasteiger partial charge in [-0.3, -0.25) is 0 Å². The number of thiophene rings is 1. The standard InChI is InChI=1S/C13H23NOS/c1-10(2)9-15-7-6-14-12(4)13-11(3)5-8-16-13/h5,8,10,12,14H,6-7,9H2,1-4H3. The maximum absolute atomic E-state index is 5.53. The zero-order chi connectivity index (χ0) is 12.0. The molecule has 1 atom stereocenters. The third kappa shape index (κ3) is 4.64. The first-order valence-electron chi connectivity index (χ1n) is 5.96. The van der Waals surface area contributed by atoms with Crippen molar-refractivity contribution in [2.45, 2.75) is 33.7 Å². The lowest BCUT2D eigenvalue weighted by Crippen LogP contribution is -2.23. The van der Waals surface area contributed by atoms with Crippen LogP contribution in [-0.2, 0) is 4.74 Å². The van der Waals surface area contributed by atoms with Crippen LogP contribution in [0.5, 0.6) is 0 Å². The summed E-state index contributed by atoms with van der Waals surface area (Å²) in [6, 6.07) is 2.61. The van der Waals surface area contributed by atoms with Crippen LogP contribution in [0.25, 0.3) is 0 Å². The molecular weight excluding hydrogens is 218 g/mol. The van der Waals surface area contributed by atoms with Crippen LogP contribution < -0.4 is 5.32 Å². The fraction of sp³-hybridized carbons (Fsp3) is 0.692. The molecule has 0 fully saturated rings. The molecule has 0 aliphatic carbocycles. The monoisotopic (exact) mass is 241 g/mol. The van der Waals surface area contributed by atoms with Crippen LogP contribution in [0.4, 0.5) is 0 Å². The molecule has 0 aliphatic rings. The summed E-state index contributed by atoms with van der Waals surface area (Å²) >= 11 is 1.82. The van der Waals surface area contributed by atoms with E-state index < -0.39 is 0 Å². The van der Waals surface area contributed by atoms with Crippen LogP contribution in [-0.4, -0.2) is 19.8 Å². The van der Waals surface area contributed by atoms with Crippen molar-refractivity contribution in [1.29, 1.82) is 0 Å². The average Bonchev–Trinajstić information content (AvgIpc) is 2.63. The highest BCUT2D eigenvalue weighted by Crippen LogP contribution is 2.22. The molecule has 1 unspecified atom stereocenters. The van der Waals surface area contributed by atoms with E-state index >= 15 is 0 Å². The highest BCUT2D eigenvalue weighted by Gasteiger charge is 2.08. The Labute approximate surface area is 103 Å². The summed E-state index contributed by atoms with van der Waals surface area (Å²) in [6.45, 7) is 11.3. The predicted octanol–water partition coefficient (Wildman–Crippen LogP) is 3.38. The number of hydrogen-bond acceptors (Lipinski definition) is 3. The number of aryl methyl sites for hydroxylation is 1. The molecular formula is C13H23NOS. The molecule has 3 heteroatoms. The van der Waals surface area contributed by atoms with Crippen molar-refractivity contribution >= 4 is 11.3 Å². The van der Waals surface area contributed by atoms with E-state index in [9.17, 15) is 0 Å². The number of ether oxygens (including phenoxy) is 1. The Hall–Kier alpha value is -0.380.